The van der Waals surface area contributed by atoms with Gasteiger partial charge >= 0.3 is 14.2 Å². The highest BCUT2D eigenvalue weighted by molar-refractivity contribution is 6.58. The fraction of sp³-hybridized carbons (Fsp3) is 0.500. The Hall–Kier alpha value is -1.08. The molecule has 3 N–H and O–H groups in total. The summed E-state index contributed by atoms with van der Waals surface area (Å²) in [5.74, 6) is 0.824. The molecule has 1 aliphatic rings. The molecule has 1 saturated heterocycles. The van der Waals surface area contributed by atoms with Gasteiger partial charge in [-0.15, -0.1) is 0 Å². The van der Waals surface area contributed by atoms with Gasteiger partial charge in [0.2, 0.25) is 0 Å². The molecule has 0 radical (unpaired) electrons. The molecule has 2 rings (SSSR count). The molecule has 1 aliphatic heterocycles. The zero-order valence-electron chi connectivity index (χ0n) is 10.4. The normalized spacial score (nSPS) is 16.8. The third-order valence-electron chi connectivity index (χ3n) is 3.24. The predicted molar refractivity (Wildman–Crippen MR) is 71.7 cm³/mol. The van der Waals surface area contributed by atoms with Gasteiger partial charge in [-0.05, 0) is 12.9 Å². The lowest BCUT2D eigenvalue weighted by Crippen LogP contribution is -2.51. The number of piperazine rings is 1. The Balaban J connectivity index is 1.97. The van der Waals surface area contributed by atoms with Crippen LogP contribution in [0.4, 0.5) is 5.82 Å². The summed E-state index contributed by atoms with van der Waals surface area (Å²) in [4.78, 5) is 8.34. The maximum Gasteiger partial charge on any atom is 0.490 e. The zero-order chi connectivity index (χ0) is 13.1. The van der Waals surface area contributed by atoms with Crippen molar-refractivity contribution in [3.05, 3.63) is 18.3 Å². The molecule has 18 heavy (non-hydrogen) atoms. The van der Waals surface area contributed by atoms with Crippen LogP contribution in [0.25, 0.3) is 0 Å². The summed E-state index contributed by atoms with van der Waals surface area (Å²) in [6.07, 6.45) is 1.47. The second kappa shape index (κ2) is 5.71. The average molecular weight is 249 g/mol. The Labute approximate surface area is 107 Å². The number of nitrogens with zero attached hydrogens (tertiary/aromatic N) is 3. The SMILES string of the molecule is CB(O)N1CCN(c2ccc(B(O)O)cn2)CC1. The molecular weight excluding hydrogens is 232 g/mol. The van der Waals surface area contributed by atoms with Gasteiger partial charge in [0.15, 0.2) is 0 Å². The van der Waals surface area contributed by atoms with Crippen LogP contribution in [0, 0.1) is 0 Å². The van der Waals surface area contributed by atoms with Crippen molar-refractivity contribution in [2.75, 3.05) is 31.1 Å². The highest BCUT2D eigenvalue weighted by Crippen LogP contribution is 2.12. The fourth-order valence-electron chi connectivity index (χ4n) is 2.06. The minimum Gasteiger partial charge on any atom is -0.437 e. The van der Waals surface area contributed by atoms with E-state index < -0.39 is 14.2 Å². The Morgan fingerprint density at radius 2 is 1.78 bits per heavy atom. The van der Waals surface area contributed by atoms with E-state index in [0.29, 0.717) is 5.46 Å². The van der Waals surface area contributed by atoms with Gasteiger partial charge in [-0.25, -0.2) is 4.98 Å². The van der Waals surface area contributed by atoms with Crippen LogP contribution in [0.15, 0.2) is 18.3 Å². The smallest absolute Gasteiger partial charge is 0.437 e. The van der Waals surface area contributed by atoms with E-state index in [-0.39, 0.29) is 0 Å². The Morgan fingerprint density at radius 1 is 1.11 bits per heavy atom. The molecule has 96 valence electrons. The van der Waals surface area contributed by atoms with Crippen LogP contribution in [0.3, 0.4) is 0 Å². The topological polar surface area (TPSA) is 80.1 Å². The maximum atomic E-state index is 9.47. The molecule has 0 spiro atoms. The highest BCUT2D eigenvalue weighted by Gasteiger charge is 2.23. The summed E-state index contributed by atoms with van der Waals surface area (Å²) in [7, 11) is -1.88. The van der Waals surface area contributed by atoms with Crippen molar-refractivity contribution in [1.29, 1.82) is 0 Å². The van der Waals surface area contributed by atoms with E-state index in [0.717, 1.165) is 32.0 Å². The first-order chi connectivity index (χ1) is 8.58. The molecule has 1 aromatic rings. The largest absolute Gasteiger partial charge is 0.490 e. The van der Waals surface area contributed by atoms with Crippen LogP contribution in [0.1, 0.15) is 0 Å². The summed E-state index contributed by atoms with van der Waals surface area (Å²) < 4.78 is 0. The highest BCUT2D eigenvalue weighted by atomic mass is 16.4. The zero-order valence-corrected chi connectivity index (χ0v) is 10.4. The van der Waals surface area contributed by atoms with Crippen molar-refractivity contribution in [2.24, 2.45) is 0 Å². The third-order valence-corrected chi connectivity index (χ3v) is 3.24. The minimum atomic E-state index is -1.47. The first-order valence-corrected chi connectivity index (χ1v) is 6.07. The van der Waals surface area contributed by atoms with Gasteiger partial charge in [0.05, 0.1) is 0 Å². The van der Waals surface area contributed by atoms with E-state index in [9.17, 15) is 5.02 Å². The van der Waals surface area contributed by atoms with Crippen molar-refractivity contribution < 1.29 is 15.1 Å². The number of hydrogen-bond donors (Lipinski definition) is 3. The van der Waals surface area contributed by atoms with Crippen molar-refractivity contribution in [3.63, 3.8) is 0 Å². The Bertz CT molecular complexity index is 380. The molecule has 1 aromatic heterocycles. The van der Waals surface area contributed by atoms with Crippen molar-refractivity contribution >= 4 is 25.4 Å². The van der Waals surface area contributed by atoms with Crippen molar-refractivity contribution in [1.82, 2.24) is 9.79 Å². The summed E-state index contributed by atoms with van der Waals surface area (Å²) in [5, 5.41) is 27.4. The maximum absolute atomic E-state index is 9.47. The predicted octanol–water partition coefficient (Wildman–Crippen LogP) is -2.01. The summed E-state index contributed by atoms with van der Waals surface area (Å²) in [5.41, 5.74) is 0.390. The van der Waals surface area contributed by atoms with E-state index in [4.69, 9.17) is 10.0 Å². The van der Waals surface area contributed by atoms with Gasteiger partial charge in [-0.1, -0.05) is 6.07 Å². The van der Waals surface area contributed by atoms with E-state index in [1.54, 1.807) is 19.0 Å². The summed E-state index contributed by atoms with van der Waals surface area (Å²) in [6.45, 7) is 4.97. The van der Waals surface area contributed by atoms with Crippen molar-refractivity contribution in [3.8, 4) is 0 Å². The van der Waals surface area contributed by atoms with Crippen LogP contribution >= 0.6 is 0 Å². The molecule has 0 saturated carbocycles. The van der Waals surface area contributed by atoms with Crippen LogP contribution < -0.4 is 10.4 Å². The molecular formula is C10H17B2N3O3. The molecule has 6 nitrogen and oxygen atoms in total. The third kappa shape index (κ3) is 3.02. The molecule has 1 fully saturated rings. The molecule has 0 aliphatic carbocycles. The van der Waals surface area contributed by atoms with Gasteiger partial charge in [-0.3, -0.25) is 0 Å². The van der Waals surface area contributed by atoms with Crippen LogP contribution in [0.5, 0.6) is 0 Å². The van der Waals surface area contributed by atoms with E-state index in [2.05, 4.69) is 9.88 Å². The second-order valence-electron chi connectivity index (χ2n) is 4.48. The monoisotopic (exact) mass is 249 g/mol. The molecule has 0 unspecified atom stereocenters. The number of hydrogen-bond acceptors (Lipinski definition) is 6. The Kier molecular flexibility index (Phi) is 4.23. The number of anilines is 1. The standard InChI is InChI=1S/C10H17B2N3O3/c1-11(16)15-6-4-14(5-7-15)10-3-2-9(8-13-10)12(17)18/h2-3,8,16-18H,4-7H2,1H3. The fourth-order valence-corrected chi connectivity index (χ4v) is 2.06. The number of aromatic nitrogens is 1. The van der Waals surface area contributed by atoms with Crippen LogP contribution in [0.2, 0.25) is 6.82 Å². The van der Waals surface area contributed by atoms with Gasteiger partial charge in [0.1, 0.15) is 5.82 Å². The van der Waals surface area contributed by atoms with Gasteiger partial charge in [0, 0.05) is 37.8 Å². The summed E-state index contributed by atoms with van der Waals surface area (Å²) in [6, 6.07) is 3.45. The summed E-state index contributed by atoms with van der Waals surface area (Å²) >= 11 is 0. The van der Waals surface area contributed by atoms with E-state index >= 15 is 0 Å². The molecule has 0 aromatic carbocycles. The van der Waals surface area contributed by atoms with Crippen molar-refractivity contribution in [2.45, 2.75) is 6.82 Å². The quantitative estimate of drug-likeness (QED) is 0.537. The Morgan fingerprint density at radius 3 is 2.22 bits per heavy atom. The van der Waals surface area contributed by atoms with Gasteiger partial charge < -0.3 is 24.8 Å². The molecule has 8 heteroatoms. The number of pyridine rings is 1. The average Bonchev–Trinajstić information content (AvgIpc) is 2.39. The van der Waals surface area contributed by atoms with Crippen LogP contribution in [-0.4, -0.2) is 65.2 Å². The number of rotatable bonds is 3. The van der Waals surface area contributed by atoms with Gasteiger partial charge in [0.25, 0.3) is 0 Å². The lowest BCUT2D eigenvalue weighted by molar-refractivity contribution is 0.344. The first kappa shape index (κ1) is 13.4. The second-order valence-corrected chi connectivity index (χ2v) is 4.48. The molecule has 0 bridgehead atoms. The van der Waals surface area contributed by atoms with E-state index in [1.165, 1.54) is 6.20 Å². The lowest BCUT2D eigenvalue weighted by atomic mass is 9.82. The first-order valence-electron chi connectivity index (χ1n) is 6.07. The minimum absolute atomic E-state index is 0.390. The van der Waals surface area contributed by atoms with E-state index in [1.807, 2.05) is 4.81 Å². The molecule has 0 amide bonds. The lowest BCUT2D eigenvalue weighted by Gasteiger charge is -2.35. The van der Waals surface area contributed by atoms with Gasteiger partial charge in [-0.2, -0.15) is 0 Å². The molecule has 2 heterocycles. The molecule has 0 atom stereocenters. The van der Waals surface area contributed by atoms with Crippen LogP contribution in [-0.2, 0) is 0 Å².